The maximum Gasteiger partial charge on any atom is 0.264 e. The number of nitrogens with one attached hydrogen (secondary N) is 1. The minimum absolute atomic E-state index is 0.0518. The van der Waals surface area contributed by atoms with Gasteiger partial charge >= 0.3 is 0 Å². The highest BCUT2D eigenvalue weighted by atomic mass is 32.2. The van der Waals surface area contributed by atoms with Crippen molar-refractivity contribution in [2.24, 2.45) is 5.92 Å². The maximum absolute atomic E-state index is 13.3. The number of aryl methyl sites for hydroxylation is 1. The van der Waals surface area contributed by atoms with Gasteiger partial charge < -0.3 is 10.1 Å². The maximum atomic E-state index is 13.3. The number of ether oxygens (including phenoxy) is 1. The molecule has 1 N–H and O–H groups in total. The molecular weight excluding hydrogens is 400 g/mol. The van der Waals surface area contributed by atoms with Crippen LogP contribution >= 0.6 is 0 Å². The zero-order chi connectivity index (χ0) is 21.1. The van der Waals surface area contributed by atoms with Gasteiger partial charge in [-0.2, -0.15) is 0 Å². The highest BCUT2D eigenvalue weighted by Gasteiger charge is 2.37. The van der Waals surface area contributed by atoms with Crippen molar-refractivity contribution < 1.29 is 17.9 Å². The molecule has 4 rings (SSSR count). The summed E-state index contributed by atoms with van der Waals surface area (Å²) in [5, 5.41) is 2.99. The first-order valence-electron chi connectivity index (χ1n) is 10.6. The lowest BCUT2D eigenvalue weighted by Crippen LogP contribution is -2.51. The fraction of sp³-hybridized carbons (Fsp3) is 0.435. The standard InChI is InChI=1S/C23H28N2O4S/c1-17-12-13-20-21(14-17)29-22(23(26)24-15-18-8-4-2-5-9-18)16-25(20)30(27,28)19-10-6-3-7-11-19/h3,6-7,10-14,18,22H,2,4-5,8-9,15-16H2,1H3,(H,24,26)/t22-/m0/s1. The molecule has 1 fully saturated rings. The van der Waals surface area contributed by atoms with E-state index < -0.39 is 16.1 Å². The van der Waals surface area contributed by atoms with Crippen molar-refractivity contribution >= 4 is 21.6 Å². The largest absolute Gasteiger partial charge is 0.476 e. The molecule has 160 valence electrons. The number of sulfonamides is 1. The number of amides is 1. The lowest BCUT2D eigenvalue weighted by atomic mass is 9.89. The third kappa shape index (κ3) is 4.31. The fourth-order valence-corrected chi connectivity index (χ4v) is 5.69. The third-order valence-corrected chi connectivity index (χ3v) is 7.69. The first-order valence-corrected chi connectivity index (χ1v) is 12.0. The molecule has 0 radical (unpaired) electrons. The number of anilines is 1. The fourth-order valence-electron chi connectivity index (χ4n) is 4.20. The molecule has 0 unspecified atom stereocenters. The summed E-state index contributed by atoms with van der Waals surface area (Å²) in [6.45, 7) is 2.47. The normalized spacial score (nSPS) is 19.6. The van der Waals surface area contributed by atoms with E-state index in [4.69, 9.17) is 4.74 Å². The van der Waals surface area contributed by atoms with E-state index in [1.807, 2.05) is 13.0 Å². The molecule has 6 nitrogen and oxygen atoms in total. The Hall–Kier alpha value is -2.54. The van der Waals surface area contributed by atoms with Gasteiger partial charge in [-0.3, -0.25) is 9.10 Å². The topological polar surface area (TPSA) is 75.7 Å². The molecule has 2 aromatic rings. The van der Waals surface area contributed by atoms with E-state index in [1.165, 1.54) is 23.6 Å². The van der Waals surface area contributed by atoms with E-state index in [0.717, 1.165) is 18.4 Å². The van der Waals surface area contributed by atoms with Crippen LogP contribution in [0.5, 0.6) is 5.75 Å². The molecule has 1 aliphatic heterocycles. The van der Waals surface area contributed by atoms with Crippen molar-refractivity contribution in [3.63, 3.8) is 0 Å². The molecular formula is C23H28N2O4S. The monoisotopic (exact) mass is 428 g/mol. The van der Waals surface area contributed by atoms with Crippen LogP contribution in [0.4, 0.5) is 5.69 Å². The Balaban J connectivity index is 1.58. The third-order valence-electron chi connectivity index (χ3n) is 5.90. The van der Waals surface area contributed by atoms with E-state index in [-0.39, 0.29) is 17.3 Å². The van der Waals surface area contributed by atoms with Crippen LogP contribution < -0.4 is 14.4 Å². The second-order valence-corrected chi connectivity index (χ2v) is 10.0. The van der Waals surface area contributed by atoms with Gasteiger partial charge in [0.25, 0.3) is 15.9 Å². The summed E-state index contributed by atoms with van der Waals surface area (Å²) in [5.74, 6) is 0.643. The molecule has 0 spiro atoms. The van der Waals surface area contributed by atoms with E-state index in [9.17, 15) is 13.2 Å². The average molecular weight is 429 g/mol. The first-order chi connectivity index (χ1) is 14.4. The number of fused-ring (bicyclic) bond motifs is 1. The Labute approximate surface area is 178 Å². The second kappa shape index (κ2) is 8.68. The van der Waals surface area contributed by atoms with Crippen molar-refractivity contribution in [2.75, 3.05) is 17.4 Å². The highest BCUT2D eigenvalue weighted by Crippen LogP contribution is 2.37. The Morgan fingerprint density at radius 3 is 2.57 bits per heavy atom. The zero-order valence-electron chi connectivity index (χ0n) is 17.2. The van der Waals surface area contributed by atoms with Crippen LogP contribution in [-0.2, 0) is 14.8 Å². The minimum Gasteiger partial charge on any atom is -0.476 e. The molecule has 1 saturated carbocycles. The summed E-state index contributed by atoms with van der Waals surface area (Å²) in [4.78, 5) is 13.1. The molecule has 7 heteroatoms. The van der Waals surface area contributed by atoms with E-state index in [0.29, 0.717) is 23.9 Å². The lowest BCUT2D eigenvalue weighted by molar-refractivity contribution is -0.128. The SMILES string of the molecule is Cc1ccc2c(c1)O[C@H](C(=O)NCC1CCCCC1)CN2S(=O)(=O)c1ccccc1. The van der Waals surface area contributed by atoms with Gasteiger partial charge in [-0.15, -0.1) is 0 Å². The number of hydrogen-bond donors (Lipinski definition) is 1. The molecule has 0 aromatic heterocycles. The van der Waals surface area contributed by atoms with Gasteiger partial charge in [0.15, 0.2) is 6.10 Å². The summed E-state index contributed by atoms with van der Waals surface area (Å²) in [6, 6.07) is 13.7. The van der Waals surface area contributed by atoms with Crippen LogP contribution in [0, 0.1) is 12.8 Å². The zero-order valence-corrected chi connectivity index (χ0v) is 18.0. The second-order valence-electron chi connectivity index (χ2n) is 8.18. The number of benzene rings is 2. The summed E-state index contributed by atoms with van der Waals surface area (Å²) in [7, 11) is -3.82. The smallest absolute Gasteiger partial charge is 0.264 e. The first kappa shape index (κ1) is 20.7. The number of hydrogen-bond acceptors (Lipinski definition) is 4. The molecule has 1 amide bonds. The van der Waals surface area contributed by atoms with Crippen LogP contribution in [0.25, 0.3) is 0 Å². The summed E-state index contributed by atoms with van der Waals surface area (Å²) < 4.78 is 33.9. The van der Waals surface area contributed by atoms with Gasteiger partial charge in [-0.1, -0.05) is 43.5 Å². The molecule has 2 aromatic carbocycles. The van der Waals surface area contributed by atoms with Gasteiger partial charge in [0.1, 0.15) is 5.75 Å². The van der Waals surface area contributed by atoms with Crippen LogP contribution in [0.15, 0.2) is 53.4 Å². The van der Waals surface area contributed by atoms with Crippen molar-refractivity contribution in [3.8, 4) is 5.75 Å². The highest BCUT2D eigenvalue weighted by molar-refractivity contribution is 7.92. The van der Waals surface area contributed by atoms with Crippen molar-refractivity contribution in [1.29, 1.82) is 0 Å². The summed E-state index contributed by atoms with van der Waals surface area (Å²) in [5.41, 5.74) is 1.40. The van der Waals surface area contributed by atoms with Crippen LogP contribution in [0.3, 0.4) is 0 Å². The molecule has 30 heavy (non-hydrogen) atoms. The molecule has 1 heterocycles. The van der Waals surface area contributed by atoms with E-state index in [1.54, 1.807) is 42.5 Å². The van der Waals surface area contributed by atoms with Gasteiger partial charge in [0, 0.05) is 6.54 Å². The quantitative estimate of drug-likeness (QED) is 0.789. The predicted molar refractivity (Wildman–Crippen MR) is 116 cm³/mol. The van der Waals surface area contributed by atoms with Crippen molar-refractivity contribution in [3.05, 3.63) is 54.1 Å². The van der Waals surface area contributed by atoms with Crippen LogP contribution in [0.2, 0.25) is 0 Å². The Bertz CT molecular complexity index is 1000. The minimum atomic E-state index is -3.82. The Kier molecular flexibility index (Phi) is 5.99. The molecule has 1 aliphatic carbocycles. The Morgan fingerprint density at radius 1 is 1.10 bits per heavy atom. The molecule has 1 atom stereocenters. The van der Waals surface area contributed by atoms with Crippen molar-refractivity contribution in [1.82, 2.24) is 5.32 Å². The van der Waals surface area contributed by atoms with Crippen molar-refractivity contribution in [2.45, 2.75) is 50.0 Å². The van der Waals surface area contributed by atoms with Gasteiger partial charge in [-0.25, -0.2) is 8.42 Å². The number of carbonyl (C=O) groups excluding carboxylic acids is 1. The van der Waals surface area contributed by atoms with Crippen LogP contribution in [0.1, 0.15) is 37.7 Å². The molecule has 0 saturated heterocycles. The van der Waals surface area contributed by atoms with Crippen LogP contribution in [-0.4, -0.2) is 33.5 Å². The molecule has 0 bridgehead atoms. The predicted octanol–water partition coefficient (Wildman–Crippen LogP) is 3.65. The summed E-state index contributed by atoms with van der Waals surface area (Å²) in [6.07, 6.45) is 5.04. The average Bonchev–Trinajstić information content (AvgIpc) is 2.77. The molecule has 2 aliphatic rings. The number of rotatable bonds is 5. The Morgan fingerprint density at radius 2 is 1.83 bits per heavy atom. The van der Waals surface area contributed by atoms with Gasteiger partial charge in [0.05, 0.1) is 17.1 Å². The number of carbonyl (C=O) groups is 1. The van der Waals surface area contributed by atoms with E-state index in [2.05, 4.69) is 5.32 Å². The van der Waals surface area contributed by atoms with E-state index >= 15 is 0 Å². The summed E-state index contributed by atoms with van der Waals surface area (Å²) >= 11 is 0. The number of nitrogens with zero attached hydrogens (tertiary/aromatic N) is 1. The van der Waals surface area contributed by atoms with Gasteiger partial charge in [-0.05, 0) is 55.5 Å². The lowest BCUT2D eigenvalue weighted by Gasteiger charge is -2.35. The van der Waals surface area contributed by atoms with Gasteiger partial charge in [0.2, 0.25) is 0 Å².